The van der Waals surface area contributed by atoms with E-state index in [1.807, 2.05) is 32.3 Å². The lowest BCUT2D eigenvalue weighted by atomic mass is 9.89. The molecule has 1 aromatic rings. The fraction of sp³-hybridized carbons (Fsp3) is 0.632. The van der Waals surface area contributed by atoms with E-state index in [0.29, 0.717) is 24.4 Å². The average molecular weight is 388 g/mol. The molecule has 2 fully saturated rings. The quantitative estimate of drug-likeness (QED) is 0.787. The summed E-state index contributed by atoms with van der Waals surface area (Å²) in [6.07, 6.45) is 5.57. The molecule has 3 unspecified atom stereocenters. The molecule has 0 saturated carbocycles. The number of halogens is 2. The van der Waals surface area contributed by atoms with Crippen LogP contribution < -0.4 is 10.6 Å². The highest BCUT2D eigenvalue weighted by molar-refractivity contribution is 5.85. The number of piperidine rings is 1. The van der Waals surface area contributed by atoms with Crippen LogP contribution in [0.4, 0.5) is 0 Å². The molecule has 1 amide bonds. The van der Waals surface area contributed by atoms with Crippen LogP contribution in [0, 0.1) is 5.92 Å². The smallest absolute Gasteiger partial charge is 0.220 e. The van der Waals surface area contributed by atoms with Gasteiger partial charge in [0.15, 0.2) is 0 Å². The number of likely N-dealkylation sites (N-methyl/N-ethyl adjacent to an activating group) is 1. The molecule has 142 valence electrons. The Balaban J connectivity index is 0.00000156. The third kappa shape index (κ3) is 6.45. The van der Waals surface area contributed by atoms with Crippen LogP contribution in [0.1, 0.15) is 43.7 Å². The predicted molar refractivity (Wildman–Crippen MR) is 108 cm³/mol. The Morgan fingerprint density at radius 2 is 1.76 bits per heavy atom. The molecule has 0 spiro atoms. The van der Waals surface area contributed by atoms with Gasteiger partial charge in [-0.25, -0.2) is 0 Å². The molecule has 2 aliphatic rings. The van der Waals surface area contributed by atoms with Gasteiger partial charge in [0.05, 0.1) is 6.04 Å². The van der Waals surface area contributed by atoms with Crippen molar-refractivity contribution < 1.29 is 4.79 Å². The highest BCUT2D eigenvalue weighted by atomic mass is 35.5. The summed E-state index contributed by atoms with van der Waals surface area (Å²) < 4.78 is 0. The van der Waals surface area contributed by atoms with E-state index >= 15 is 0 Å². The van der Waals surface area contributed by atoms with Crippen molar-refractivity contribution in [1.82, 2.24) is 15.5 Å². The first-order chi connectivity index (χ1) is 11.1. The number of fused-ring (bicyclic) bond motifs is 2. The summed E-state index contributed by atoms with van der Waals surface area (Å²) in [6, 6.07) is 11.7. The first-order valence-electron chi connectivity index (χ1n) is 8.85. The van der Waals surface area contributed by atoms with Crippen molar-refractivity contribution in [2.24, 2.45) is 5.92 Å². The highest BCUT2D eigenvalue weighted by Gasteiger charge is 2.34. The summed E-state index contributed by atoms with van der Waals surface area (Å²) in [6.45, 7) is 0.827. The highest BCUT2D eigenvalue weighted by Crippen LogP contribution is 2.32. The Morgan fingerprint density at radius 1 is 1.16 bits per heavy atom. The maximum Gasteiger partial charge on any atom is 0.220 e. The Labute approximate surface area is 163 Å². The lowest BCUT2D eigenvalue weighted by molar-refractivity contribution is -0.123. The van der Waals surface area contributed by atoms with E-state index in [1.54, 1.807) is 0 Å². The van der Waals surface area contributed by atoms with Gasteiger partial charge in [0, 0.05) is 25.0 Å². The van der Waals surface area contributed by atoms with Crippen molar-refractivity contribution in [3.63, 3.8) is 0 Å². The van der Waals surface area contributed by atoms with E-state index in [0.717, 1.165) is 19.4 Å². The normalized spacial score (nSPS) is 25.6. The Kier molecular flexibility index (Phi) is 9.22. The number of carbonyl (C=O) groups is 1. The molecule has 0 radical (unpaired) electrons. The largest absolute Gasteiger partial charge is 0.348 e. The maximum absolute atomic E-state index is 12.6. The minimum atomic E-state index is 0. The number of hydrogen-bond donors (Lipinski definition) is 2. The zero-order valence-electron chi connectivity index (χ0n) is 15.1. The summed E-state index contributed by atoms with van der Waals surface area (Å²) in [5, 5.41) is 6.91. The predicted octanol–water partition coefficient (Wildman–Crippen LogP) is 3.17. The third-order valence-electron chi connectivity index (χ3n) is 5.13. The number of benzene rings is 1. The van der Waals surface area contributed by atoms with Gasteiger partial charge in [0.1, 0.15) is 0 Å². The standard InChI is InChI=1S/C19H29N3O.2ClH/c1-22(2)13-18(15-6-4-3-5-7-15)21-19(23)12-14-10-16-8-9-17(11-14)20-16;;/h3-7,14,16-18,20H,8-13H2,1-2H3,(H,21,23);2*1H. The lowest BCUT2D eigenvalue weighted by Crippen LogP contribution is -2.41. The van der Waals surface area contributed by atoms with Crippen molar-refractivity contribution in [2.45, 2.75) is 50.2 Å². The van der Waals surface area contributed by atoms with Crippen LogP contribution in [0.15, 0.2) is 30.3 Å². The molecule has 1 aromatic carbocycles. The van der Waals surface area contributed by atoms with Crippen molar-refractivity contribution in [1.29, 1.82) is 0 Å². The van der Waals surface area contributed by atoms with Gasteiger partial charge >= 0.3 is 0 Å². The van der Waals surface area contributed by atoms with Crippen molar-refractivity contribution in [3.8, 4) is 0 Å². The molecule has 2 bridgehead atoms. The second-order valence-corrected chi connectivity index (χ2v) is 7.47. The molecular formula is C19H31Cl2N3O. The number of nitrogens with one attached hydrogen (secondary N) is 2. The van der Waals surface area contributed by atoms with Crippen molar-refractivity contribution in [2.75, 3.05) is 20.6 Å². The molecule has 2 aliphatic heterocycles. The third-order valence-corrected chi connectivity index (χ3v) is 5.13. The van der Waals surface area contributed by atoms with Gasteiger partial charge in [0.25, 0.3) is 0 Å². The van der Waals surface area contributed by atoms with Gasteiger partial charge in [-0.1, -0.05) is 30.3 Å². The van der Waals surface area contributed by atoms with E-state index in [1.165, 1.54) is 18.4 Å². The number of amides is 1. The van der Waals surface area contributed by atoms with Crippen LogP contribution in [0.5, 0.6) is 0 Å². The molecule has 2 N–H and O–H groups in total. The number of carbonyl (C=O) groups excluding carboxylic acids is 1. The Morgan fingerprint density at radius 3 is 2.32 bits per heavy atom. The number of hydrogen-bond acceptors (Lipinski definition) is 3. The molecule has 0 aliphatic carbocycles. The van der Waals surface area contributed by atoms with E-state index in [4.69, 9.17) is 0 Å². The van der Waals surface area contributed by atoms with Gasteiger partial charge in [0.2, 0.25) is 5.91 Å². The molecule has 4 nitrogen and oxygen atoms in total. The first kappa shape index (κ1) is 22.2. The van der Waals surface area contributed by atoms with E-state index in [-0.39, 0.29) is 36.8 Å². The molecule has 3 rings (SSSR count). The second kappa shape index (κ2) is 10.4. The van der Waals surface area contributed by atoms with Gasteiger partial charge < -0.3 is 15.5 Å². The van der Waals surface area contributed by atoms with Crippen LogP contribution in [-0.4, -0.2) is 43.5 Å². The van der Waals surface area contributed by atoms with Crippen LogP contribution >= 0.6 is 24.8 Å². The van der Waals surface area contributed by atoms with E-state index < -0.39 is 0 Å². The average Bonchev–Trinajstić information content (AvgIpc) is 2.86. The lowest BCUT2D eigenvalue weighted by Gasteiger charge is -2.29. The zero-order chi connectivity index (χ0) is 16.2. The van der Waals surface area contributed by atoms with Crippen LogP contribution in [0.3, 0.4) is 0 Å². The van der Waals surface area contributed by atoms with Crippen molar-refractivity contribution in [3.05, 3.63) is 35.9 Å². The minimum absolute atomic E-state index is 0. The van der Waals surface area contributed by atoms with Crippen molar-refractivity contribution >= 4 is 30.7 Å². The van der Waals surface area contributed by atoms with Crippen LogP contribution in [0.2, 0.25) is 0 Å². The molecule has 25 heavy (non-hydrogen) atoms. The summed E-state index contributed by atoms with van der Waals surface area (Å²) in [5.41, 5.74) is 1.18. The van der Waals surface area contributed by atoms with Crippen LogP contribution in [-0.2, 0) is 4.79 Å². The molecule has 2 heterocycles. The van der Waals surface area contributed by atoms with E-state index in [2.05, 4.69) is 27.7 Å². The molecule has 0 aromatic heterocycles. The summed E-state index contributed by atoms with van der Waals surface area (Å²) in [5.74, 6) is 0.747. The second-order valence-electron chi connectivity index (χ2n) is 7.47. The molecular weight excluding hydrogens is 357 g/mol. The maximum atomic E-state index is 12.6. The van der Waals surface area contributed by atoms with Gasteiger partial charge in [-0.15, -0.1) is 24.8 Å². The fourth-order valence-electron chi connectivity index (χ4n) is 4.14. The minimum Gasteiger partial charge on any atom is -0.348 e. The summed E-state index contributed by atoms with van der Waals surface area (Å²) >= 11 is 0. The first-order valence-corrected chi connectivity index (χ1v) is 8.85. The Bertz CT molecular complexity index is 515. The fourth-order valence-corrected chi connectivity index (χ4v) is 4.14. The van der Waals surface area contributed by atoms with E-state index in [9.17, 15) is 4.79 Å². The summed E-state index contributed by atoms with van der Waals surface area (Å²) in [4.78, 5) is 14.7. The number of nitrogens with zero attached hydrogens (tertiary/aromatic N) is 1. The summed E-state index contributed by atoms with van der Waals surface area (Å²) in [7, 11) is 4.10. The number of rotatable bonds is 6. The molecule has 6 heteroatoms. The van der Waals surface area contributed by atoms with Gasteiger partial charge in [-0.2, -0.15) is 0 Å². The zero-order valence-corrected chi connectivity index (χ0v) is 16.7. The van der Waals surface area contributed by atoms with Gasteiger partial charge in [-0.05, 0) is 51.3 Å². The topological polar surface area (TPSA) is 44.4 Å². The monoisotopic (exact) mass is 387 g/mol. The molecule has 2 saturated heterocycles. The Hall–Kier alpha value is -0.810. The van der Waals surface area contributed by atoms with Gasteiger partial charge in [-0.3, -0.25) is 4.79 Å². The molecule has 3 atom stereocenters. The SMILES string of the molecule is CN(C)CC(NC(=O)CC1CC2CCC(C1)N2)c1ccccc1.Cl.Cl. The van der Waals surface area contributed by atoms with Crippen LogP contribution in [0.25, 0.3) is 0 Å².